The second-order valence-electron chi connectivity index (χ2n) is 0.447. The van der Waals surface area contributed by atoms with Crippen molar-refractivity contribution in [1.29, 1.82) is 0 Å². The van der Waals surface area contributed by atoms with Gasteiger partial charge in [-0.05, 0) is 0 Å². The summed E-state index contributed by atoms with van der Waals surface area (Å²) in [6.45, 7) is 0. The van der Waals surface area contributed by atoms with Crippen LogP contribution in [0.15, 0.2) is 0 Å². The zero-order valence-corrected chi connectivity index (χ0v) is 4.93. The Balaban J connectivity index is 0. The summed E-state index contributed by atoms with van der Waals surface area (Å²) in [7, 11) is 0. The minimum absolute atomic E-state index is 0. The molecule has 37 valence electrons. The van der Waals surface area contributed by atoms with E-state index in [1.165, 1.54) is 0 Å². The number of hydrogen-bond donors (Lipinski definition) is 0. The molecule has 0 heterocycles. The Morgan fingerprint density at radius 3 is 1.17 bits per heavy atom. The SMILES string of the molecule is [Fe+3].[O]=[V]([O-])([O-])[O-]. The standard InChI is InChI=1S/Fe.4O.V/q+3;;3*-1;. The van der Waals surface area contributed by atoms with Crippen molar-refractivity contribution in [2.24, 2.45) is 0 Å². The molecule has 0 aromatic rings. The molecule has 4 nitrogen and oxygen atoms in total. The predicted octanol–water partition coefficient (Wildman–Crippen LogP) is -3.69. The average Bonchev–Trinajstić information content (AvgIpc) is 0.722. The predicted molar refractivity (Wildman–Crippen MR) is 0.686 cm³/mol. The molecule has 0 atom stereocenters. The average molecular weight is 171 g/mol. The summed E-state index contributed by atoms with van der Waals surface area (Å²) in [4.78, 5) is 0. The quantitative estimate of drug-likeness (QED) is 0.351. The molecule has 0 N–H and O–H groups in total. The van der Waals surface area contributed by atoms with Crippen LogP contribution in [0.4, 0.5) is 0 Å². The minimum atomic E-state index is -5.88. The Morgan fingerprint density at radius 1 is 1.17 bits per heavy atom. The van der Waals surface area contributed by atoms with Gasteiger partial charge in [-0.3, -0.25) is 0 Å². The van der Waals surface area contributed by atoms with Crippen molar-refractivity contribution < 1.29 is 47.9 Å². The first kappa shape index (κ1) is 9.92. The van der Waals surface area contributed by atoms with Gasteiger partial charge >= 0.3 is 47.9 Å². The van der Waals surface area contributed by atoms with E-state index in [2.05, 4.69) is 0 Å². The van der Waals surface area contributed by atoms with Gasteiger partial charge in [-0.2, -0.15) is 0 Å². The third-order valence-electron chi connectivity index (χ3n) is 0. The maximum absolute atomic E-state index is 8.61. The van der Waals surface area contributed by atoms with Gasteiger partial charge in [-0.25, -0.2) is 0 Å². The third-order valence-corrected chi connectivity index (χ3v) is 0. The van der Waals surface area contributed by atoms with E-state index >= 15 is 0 Å². The van der Waals surface area contributed by atoms with Crippen LogP contribution in [0, 0.1) is 0 Å². The van der Waals surface area contributed by atoms with E-state index in [4.69, 9.17) is 15.8 Å². The van der Waals surface area contributed by atoms with Crippen molar-refractivity contribution in [1.82, 2.24) is 0 Å². The molecule has 0 aliphatic heterocycles. The molecular weight excluding hydrogens is 171 g/mol. The van der Waals surface area contributed by atoms with Crippen LogP contribution in [0.5, 0.6) is 0 Å². The Bertz CT molecular complexity index is 53.7. The molecule has 0 amide bonds. The normalized spacial score (nSPS) is 9.83. The van der Waals surface area contributed by atoms with Gasteiger partial charge in [0.1, 0.15) is 0 Å². The van der Waals surface area contributed by atoms with Crippen LogP contribution in [-0.4, -0.2) is 0 Å². The van der Waals surface area contributed by atoms with Crippen LogP contribution >= 0.6 is 0 Å². The third kappa shape index (κ3) is 111. The molecule has 6 heavy (non-hydrogen) atoms. The van der Waals surface area contributed by atoms with Gasteiger partial charge in [-0.15, -0.1) is 0 Å². The van der Waals surface area contributed by atoms with Crippen LogP contribution in [-0.2, 0) is 35.8 Å². The van der Waals surface area contributed by atoms with E-state index in [0.717, 1.165) is 0 Å². The van der Waals surface area contributed by atoms with Crippen molar-refractivity contribution in [2.45, 2.75) is 0 Å². The van der Waals surface area contributed by atoms with Gasteiger partial charge in [0.05, 0.1) is 0 Å². The van der Waals surface area contributed by atoms with Gasteiger partial charge in [0.25, 0.3) is 0 Å². The fraction of sp³-hybridized carbons (Fsp3) is 0. The first-order valence-electron chi connectivity index (χ1n) is 0.730. The molecule has 0 fully saturated rings. The molecule has 0 aliphatic carbocycles. The molecule has 0 unspecified atom stereocenters. The summed E-state index contributed by atoms with van der Waals surface area (Å²) in [6.07, 6.45) is 0. The Morgan fingerprint density at radius 2 is 1.17 bits per heavy atom. The second kappa shape index (κ2) is 2.88. The van der Waals surface area contributed by atoms with Gasteiger partial charge in [0, 0.05) is 0 Å². The molecule has 0 bridgehead atoms. The van der Waals surface area contributed by atoms with E-state index < -0.39 is 15.0 Å². The molecule has 0 aromatic heterocycles. The fourth-order valence-corrected chi connectivity index (χ4v) is 0. The van der Waals surface area contributed by atoms with Crippen LogP contribution in [0.25, 0.3) is 0 Å². The fourth-order valence-electron chi connectivity index (χ4n) is 0. The summed E-state index contributed by atoms with van der Waals surface area (Å²) in [5, 5.41) is 0. The second-order valence-corrected chi connectivity index (χ2v) is 1.84. The summed E-state index contributed by atoms with van der Waals surface area (Å²) >= 11 is -5.88. The molecule has 0 aromatic carbocycles. The molecule has 6 heteroatoms. The van der Waals surface area contributed by atoms with Gasteiger partial charge < -0.3 is 0 Å². The van der Waals surface area contributed by atoms with E-state index in [0.29, 0.717) is 0 Å². The zero-order chi connectivity index (χ0) is 4.50. The molecular formula is FeO4V. The molecule has 1 radical (unpaired) electrons. The summed E-state index contributed by atoms with van der Waals surface area (Å²) in [5.74, 6) is 0. The van der Waals surface area contributed by atoms with Crippen molar-refractivity contribution >= 4 is 0 Å². The van der Waals surface area contributed by atoms with E-state index in [1.807, 2.05) is 0 Å². The molecule has 0 spiro atoms. The Kier molecular flexibility index (Phi) is 4.75. The first-order valence-corrected chi connectivity index (χ1v) is 3.01. The number of rotatable bonds is 0. The van der Waals surface area contributed by atoms with Crippen molar-refractivity contribution in [2.75, 3.05) is 0 Å². The van der Waals surface area contributed by atoms with Crippen LogP contribution in [0.1, 0.15) is 0 Å². The first-order chi connectivity index (χ1) is 2.00. The van der Waals surface area contributed by atoms with Gasteiger partial charge in [0.2, 0.25) is 0 Å². The monoisotopic (exact) mass is 171 g/mol. The maximum atomic E-state index is 8.61. The summed E-state index contributed by atoms with van der Waals surface area (Å²) in [6, 6.07) is 0. The summed E-state index contributed by atoms with van der Waals surface area (Å²) in [5.41, 5.74) is 0. The van der Waals surface area contributed by atoms with Crippen molar-refractivity contribution in [3.63, 3.8) is 0 Å². The molecule has 0 aliphatic rings. The zero-order valence-electron chi connectivity index (χ0n) is 2.43. The van der Waals surface area contributed by atoms with Crippen LogP contribution in [0.2, 0.25) is 0 Å². The molecule has 0 saturated heterocycles. The van der Waals surface area contributed by atoms with E-state index in [-0.39, 0.29) is 17.1 Å². The summed E-state index contributed by atoms with van der Waals surface area (Å²) < 4.78 is 34.4. The van der Waals surface area contributed by atoms with Gasteiger partial charge in [0.15, 0.2) is 0 Å². The number of hydrogen-bond acceptors (Lipinski definition) is 4. The Hall–Kier alpha value is 0.784. The topological polar surface area (TPSA) is 86.2 Å². The van der Waals surface area contributed by atoms with Crippen molar-refractivity contribution in [3.05, 3.63) is 0 Å². The Labute approximate surface area is 48.2 Å². The molecule has 0 rings (SSSR count). The van der Waals surface area contributed by atoms with E-state index in [1.54, 1.807) is 0 Å². The van der Waals surface area contributed by atoms with Crippen molar-refractivity contribution in [3.8, 4) is 0 Å². The van der Waals surface area contributed by atoms with Crippen LogP contribution in [0.3, 0.4) is 0 Å². The van der Waals surface area contributed by atoms with Crippen LogP contribution < -0.4 is 12.1 Å². The molecule has 0 saturated carbocycles. The van der Waals surface area contributed by atoms with E-state index in [9.17, 15) is 0 Å². The van der Waals surface area contributed by atoms with Gasteiger partial charge in [-0.1, -0.05) is 0 Å².